The fourth-order valence-corrected chi connectivity index (χ4v) is 4.22. The number of allylic oxidation sites excluding steroid dienone is 5. The number of fused-ring (bicyclic) bond motifs is 1. The standard InChI is InChI=1S/C25H30N4O2.2C2H6/c1-4-7-22(31)28-12-14-29(15-13-28)25-19-11-10-17(2)16-20(19)26-24(27-25)23-18(3)8-5-6-9-21(23)30;2*1-2/h6,8-11,16,30H,4-5,7,12-15H2,1-3H3;2*1-2H3. The van der Waals surface area contributed by atoms with Gasteiger partial charge in [0.25, 0.3) is 0 Å². The van der Waals surface area contributed by atoms with E-state index in [2.05, 4.69) is 36.1 Å². The maximum atomic E-state index is 12.3. The van der Waals surface area contributed by atoms with Crippen LogP contribution in [0.2, 0.25) is 0 Å². The first kappa shape index (κ1) is 28.1. The number of rotatable bonds is 4. The third-order valence-corrected chi connectivity index (χ3v) is 5.94. The van der Waals surface area contributed by atoms with Crippen molar-refractivity contribution >= 4 is 28.2 Å². The van der Waals surface area contributed by atoms with Gasteiger partial charge in [-0.05, 0) is 56.0 Å². The molecule has 190 valence electrons. The summed E-state index contributed by atoms with van der Waals surface area (Å²) in [4.78, 5) is 26.3. The minimum absolute atomic E-state index is 0.194. The van der Waals surface area contributed by atoms with E-state index in [0.717, 1.165) is 53.8 Å². The normalized spacial score (nSPS) is 15.6. The highest BCUT2D eigenvalue weighted by Crippen LogP contribution is 2.32. The van der Waals surface area contributed by atoms with Crippen LogP contribution in [-0.4, -0.2) is 52.1 Å². The molecule has 1 aliphatic carbocycles. The van der Waals surface area contributed by atoms with E-state index in [0.29, 0.717) is 30.9 Å². The molecule has 0 atom stereocenters. The number of piperazine rings is 1. The molecule has 1 aromatic carbocycles. The first-order valence-electron chi connectivity index (χ1n) is 13.1. The lowest BCUT2D eigenvalue weighted by atomic mass is 10.0. The third-order valence-electron chi connectivity index (χ3n) is 5.94. The molecule has 1 fully saturated rings. The van der Waals surface area contributed by atoms with Gasteiger partial charge in [-0.1, -0.05) is 52.8 Å². The minimum atomic E-state index is 0.194. The lowest BCUT2D eigenvalue weighted by molar-refractivity contribution is -0.131. The van der Waals surface area contributed by atoms with Crippen LogP contribution in [0.5, 0.6) is 0 Å². The highest BCUT2D eigenvalue weighted by Gasteiger charge is 2.24. The number of aliphatic hydroxyl groups is 1. The Morgan fingerprint density at radius 2 is 1.71 bits per heavy atom. The van der Waals surface area contributed by atoms with Gasteiger partial charge in [0.05, 0.1) is 11.1 Å². The second-order valence-corrected chi connectivity index (χ2v) is 8.29. The number of aryl methyl sites for hydroxylation is 1. The summed E-state index contributed by atoms with van der Waals surface area (Å²) in [6, 6.07) is 6.21. The average Bonchev–Trinajstić information content (AvgIpc) is 3.05. The molecule has 35 heavy (non-hydrogen) atoms. The van der Waals surface area contributed by atoms with E-state index >= 15 is 0 Å². The van der Waals surface area contributed by atoms with Gasteiger partial charge in [-0.2, -0.15) is 0 Å². The number of benzene rings is 1. The van der Waals surface area contributed by atoms with E-state index in [-0.39, 0.29) is 11.7 Å². The lowest BCUT2D eigenvalue weighted by Gasteiger charge is -2.36. The molecule has 1 N–H and O–H groups in total. The summed E-state index contributed by atoms with van der Waals surface area (Å²) in [5.41, 5.74) is 3.64. The number of aliphatic hydroxyl groups excluding tert-OH is 1. The highest BCUT2D eigenvalue weighted by atomic mass is 16.3. The molecule has 0 unspecified atom stereocenters. The van der Waals surface area contributed by atoms with Crippen molar-refractivity contribution in [2.75, 3.05) is 31.1 Å². The zero-order chi connectivity index (χ0) is 26.0. The number of hydrogen-bond donors (Lipinski definition) is 1. The van der Waals surface area contributed by atoms with Crippen molar-refractivity contribution in [3.63, 3.8) is 0 Å². The fourth-order valence-electron chi connectivity index (χ4n) is 4.22. The Bertz CT molecular complexity index is 1090. The summed E-state index contributed by atoms with van der Waals surface area (Å²) in [5.74, 6) is 1.82. The molecule has 6 nitrogen and oxygen atoms in total. The van der Waals surface area contributed by atoms with Crippen LogP contribution >= 0.6 is 0 Å². The van der Waals surface area contributed by atoms with E-state index in [1.165, 1.54) is 0 Å². The quantitative estimate of drug-likeness (QED) is 0.535. The Balaban J connectivity index is 0.00000103. The van der Waals surface area contributed by atoms with Gasteiger partial charge in [-0.25, -0.2) is 9.97 Å². The van der Waals surface area contributed by atoms with Crippen LogP contribution < -0.4 is 4.90 Å². The predicted molar refractivity (Wildman–Crippen MR) is 148 cm³/mol. The van der Waals surface area contributed by atoms with Crippen molar-refractivity contribution in [2.24, 2.45) is 0 Å². The Kier molecular flexibility index (Phi) is 11.0. The van der Waals surface area contributed by atoms with Gasteiger partial charge in [0.15, 0.2) is 5.82 Å². The maximum Gasteiger partial charge on any atom is 0.222 e. The summed E-state index contributed by atoms with van der Waals surface area (Å²) in [6.07, 6.45) is 7.99. The number of carbonyl (C=O) groups is 1. The molecule has 0 bridgehead atoms. The summed E-state index contributed by atoms with van der Waals surface area (Å²) in [6.45, 7) is 16.9. The average molecular weight is 479 g/mol. The molecule has 2 aliphatic rings. The van der Waals surface area contributed by atoms with Gasteiger partial charge in [-0.15, -0.1) is 0 Å². The van der Waals surface area contributed by atoms with Crippen LogP contribution in [0, 0.1) is 6.92 Å². The third kappa shape index (κ3) is 6.71. The molecule has 1 saturated heterocycles. The van der Waals surface area contributed by atoms with Crippen molar-refractivity contribution < 1.29 is 9.90 Å². The van der Waals surface area contributed by atoms with Crippen LogP contribution in [0.15, 0.2) is 47.8 Å². The molecule has 0 spiro atoms. The molecular formula is C29H42N4O2. The molecule has 1 amide bonds. The van der Waals surface area contributed by atoms with Crippen LogP contribution in [-0.2, 0) is 4.79 Å². The summed E-state index contributed by atoms with van der Waals surface area (Å²) in [5, 5.41) is 11.7. The number of hydrogen-bond acceptors (Lipinski definition) is 5. The SMILES string of the molecule is CC.CC.CCCC(=O)N1CCN(c2nc(C3=C(O)C=CCC=C3C)nc3cc(C)ccc23)CC1. The van der Waals surface area contributed by atoms with E-state index in [4.69, 9.17) is 9.97 Å². The van der Waals surface area contributed by atoms with Crippen molar-refractivity contribution in [1.82, 2.24) is 14.9 Å². The first-order chi connectivity index (χ1) is 17.0. The summed E-state index contributed by atoms with van der Waals surface area (Å²) >= 11 is 0. The van der Waals surface area contributed by atoms with Gasteiger partial charge in [-0.3, -0.25) is 4.79 Å². The smallest absolute Gasteiger partial charge is 0.222 e. The first-order valence-corrected chi connectivity index (χ1v) is 13.1. The van der Waals surface area contributed by atoms with Crippen LogP contribution in [0.25, 0.3) is 16.5 Å². The zero-order valence-electron chi connectivity index (χ0n) is 22.6. The molecule has 0 saturated carbocycles. The Labute approximate surface area is 211 Å². The number of amides is 1. The molecule has 1 aromatic heterocycles. The molecule has 1 aliphatic heterocycles. The largest absolute Gasteiger partial charge is 0.507 e. The monoisotopic (exact) mass is 478 g/mol. The van der Waals surface area contributed by atoms with E-state index in [9.17, 15) is 9.90 Å². The Hall–Kier alpha value is -3.15. The second kappa shape index (κ2) is 13.7. The van der Waals surface area contributed by atoms with Gasteiger partial charge in [0, 0.05) is 38.0 Å². The topological polar surface area (TPSA) is 69.6 Å². The number of aromatic nitrogens is 2. The maximum absolute atomic E-state index is 12.3. The number of anilines is 1. The van der Waals surface area contributed by atoms with Crippen molar-refractivity contribution in [2.45, 2.75) is 67.7 Å². The van der Waals surface area contributed by atoms with E-state index in [1.54, 1.807) is 6.08 Å². The van der Waals surface area contributed by atoms with Crippen molar-refractivity contribution in [1.29, 1.82) is 0 Å². The van der Waals surface area contributed by atoms with E-state index in [1.807, 2.05) is 52.5 Å². The van der Waals surface area contributed by atoms with Crippen LogP contribution in [0.1, 0.15) is 72.2 Å². The van der Waals surface area contributed by atoms with Gasteiger partial charge < -0.3 is 14.9 Å². The summed E-state index contributed by atoms with van der Waals surface area (Å²) in [7, 11) is 0. The van der Waals surface area contributed by atoms with Gasteiger partial charge in [0.1, 0.15) is 11.6 Å². The zero-order valence-corrected chi connectivity index (χ0v) is 22.6. The predicted octanol–water partition coefficient (Wildman–Crippen LogP) is 6.61. The Morgan fingerprint density at radius 1 is 1.03 bits per heavy atom. The summed E-state index contributed by atoms with van der Waals surface area (Å²) < 4.78 is 0. The Morgan fingerprint density at radius 3 is 2.37 bits per heavy atom. The lowest BCUT2D eigenvalue weighted by Crippen LogP contribution is -2.49. The molecular weight excluding hydrogens is 436 g/mol. The second-order valence-electron chi connectivity index (χ2n) is 8.29. The molecule has 4 rings (SSSR count). The van der Waals surface area contributed by atoms with Crippen molar-refractivity contribution in [3.8, 4) is 0 Å². The van der Waals surface area contributed by atoms with Gasteiger partial charge in [0.2, 0.25) is 5.91 Å². The molecule has 0 radical (unpaired) electrons. The minimum Gasteiger partial charge on any atom is -0.507 e. The highest BCUT2D eigenvalue weighted by molar-refractivity contribution is 5.92. The molecule has 2 aromatic rings. The molecule has 2 heterocycles. The van der Waals surface area contributed by atoms with Gasteiger partial charge >= 0.3 is 0 Å². The number of nitrogens with zero attached hydrogens (tertiary/aromatic N) is 4. The van der Waals surface area contributed by atoms with Crippen LogP contribution in [0.3, 0.4) is 0 Å². The van der Waals surface area contributed by atoms with Crippen molar-refractivity contribution in [3.05, 3.63) is 59.1 Å². The van der Waals surface area contributed by atoms with E-state index < -0.39 is 0 Å². The number of carbonyl (C=O) groups excluding carboxylic acids is 1. The van der Waals surface area contributed by atoms with Crippen LogP contribution in [0.4, 0.5) is 5.82 Å². The fraction of sp³-hybridized carbons (Fsp3) is 0.483. The molecule has 6 heteroatoms.